The zero-order chi connectivity index (χ0) is 44.7. The van der Waals surface area contributed by atoms with Crippen molar-refractivity contribution in [3.05, 3.63) is 222 Å². The molecule has 0 atom stereocenters. The van der Waals surface area contributed by atoms with E-state index in [1.54, 1.807) is 0 Å². The molecule has 0 N–H and O–H groups in total. The molecule has 8 aromatic carbocycles. The summed E-state index contributed by atoms with van der Waals surface area (Å²) in [4.78, 5) is 20.4. The van der Waals surface area contributed by atoms with Gasteiger partial charge < -0.3 is 8.98 Å². The molecule has 3 heterocycles. The first-order chi connectivity index (χ1) is 33.1. The van der Waals surface area contributed by atoms with Crippen molar-refractivity contribution >= 4 is 54.8 Å². The minimum Gasteiger partial charge on any atom is -0.436 e. The van der Waals surface area contributed by atoms with Crippen LogP contribution < -0.4 is 0 Å². The van der Waals surface area contributed by atoms with Crippen LogP contribution in [0.2, 0.25) is 0 Å². The molecule has 0 unspecified atom stereocenters. The van der Waals surface area contributed by atoms with Crippen LogP contribution in [0.4, 0.5) is 0 Å². The molecule has 322 valence electrons. The van der Waals surface area contributed by atoms with Crippen LogP contribution in [0.1, 0.15) is 54.0 Å². The summed E-state index contributed by atoms with van der Waals surface area (Å²) in [5.41, 5.74) is 15.8. The molecule has 6 heteroatoms. The second-order valence-corrected chi connectivity index (χ2v) is 17.5. The highest BCUT2D eigenvalue weighted by molar-refractivity contribution is 6.13. The summed E-state index contributed by atoms with van der Waals surface area (Å²) in [5, 5.41) is 4.71. The highest BCUT2D eigenvalue weighted by atomic mass is 16.3. The van der Waals surface area contributed by atoms with E-state index in [4.69, 9.17) is 24.4 Å². The van der Waals surface area contributed by atoms with Crippen LogP contribution in [-0.2, 0) is 12.8 Å². The monoisotopic (exact) mass is 865 g/mol. The third-order valence-corrected chi connectivity index (χ3v) is 13.3. The Kier molecular flexibility index (Phi) is 10.4. The zero-order valence-electron chi connectivity index (χ0n) is 37.4. The van der Waals surface area contributed by atoms with Crippen LogP contribution >= 0.6 is 0 Å². The molecule has 0 amide bonds. The number of fused-ring (bicyclic) bond motifs is 5. The Bertz CT molecular complexity index is 3680. The number of unbranched alkanes of at least 4 members (excludes halogenated alkanes) is 1. The molecule has 12 rings (SSSR count). The number of para-hydroxylation sites is 3. The van der Waals surface area contributed by atoms with Gasteiger partial charge >= 0.3 is 0 Å². The average Bonchev–Trinajstić information content (AvgIpc) is 3.98. The second-order valence-electron chi connectivity index (χ2n) is 17.5. The largest absolute Gasteiger partial charge is 0.436 e. The molecule has 0 aliphatic heterocycles. The lowest BCUT2D eigenvalue weighted by atomic mass is 9.91. The molecule has 3 aromatic heterocycles. The number of nitrogens with zero attached hydrogens (tertiary/aromatic N) is 5. The molecular formula is C61H47N5O. The SMILES string of the molecule is Cc1ccccc1-c1ccc2c3ccccc3n(-c3ccc(-c4nc5ccccc5o4)c4ccccc34)c2c1CCCCc1nc(C2=CC(c3ccccc3)=CCC2)nc(-c2ccccc2)n1. The van der Waals surface area contributed by atoms with Gasteiger partial charge in [-0.25, -0.2) is 19.9 Å². The summed E-state index contributed by atoms with van der Waals surface area (Å²) in [6.07, 6.45) is 9.90. The Morgan fingerprint density at radius 2 is 1.21 bits per heavy atom. The van der Waals surface area contributed by atoms with Gasteiger partial charge in [0.1, 0.15) is 11.3 Å². The summed E-state index contributed by atoms with van der Waals surface area (Å²) in [6.45, 7) is 2.22. The van der Waals surface area contributed by atoms with Gasteiger partial charge in [-0.05, 0) is 120 Å². The van der Waals surface area contributed by atoms with Crippen molar-refractivity contribution in [3.8, 4) is 39.7 Å². The number of hydrogen-bond donors (Lipinski definition) is 0. The number of aryl methyl sites for hydroxylation is 3. The van der Waals surface area contributed by atoms with Crippen molar-refractivity contribution in [3.63, 3.8) is 0 Å². The van der Waals surface area contributed by atoms with E-state index in [-0.39, 0.29) is 0 Å². The van der Waals surface area contributed by atoms with Crippen LogP contribution in [0.3, 0.4) is 0 Å². The molecule has 11 aromatic rings. The van der Waals surface area contributed by atoms with E-state index < -0.39 is 0 Å². The lowest BCUT2D eigenvalue weighted by Gasteiger charge is -2.18. The summed E-state index contributed by atoms with van der Waals surface area (Å²) in [6, 6.07) is 64.3. The van der Waals surface area contributed by atoms with Gasteiger partial charge in [0.2, 0.25) is 5.89 Å². The Balaban J connectivity index is 0.954. The molecule has 0 spiro atoms. The summed E-state index contributed by atoms with van der Waals surface area (Å²) in [7, 11) is 0. The normalized spacial score (nSPS) is 12.9. The van der Waals surface area contributed by atoms with E-state index in [2.05, 4.69) is 175 Å². The molecule has 0 fully saturated rings. The van der Waals surface area contributed by atoms with Gasteiger partial charge in [0, 0.05) is 33.7 Å². The van der Waals surface area contributed by atoms with Crippen LogP contribution in [0.5, 0.6) is 0 Å². The molecule has 0 radical (unpaired) electrons. The minimum atomic E-state index is 0.624. The predicted molar refractivity (Wildman–Crippen MR) is 275 cm³/mol. The number of oxazole rings is 1. The molecule has 67 heavy (non-hydrogen) atoms. The molecule has 1 aliphatic rings. The van der Waals surface area contributed by atoms with Gasteiger partial charge in [-0.1, -0.05) is 158 Å². The van der Waals surface area contributed by atoms with Gasteiger partial charge in [-0.15, -0.1) is 0 Å². The predicted octanol–water partition coefficient (Wildman–Crippen LogP) is 15.4. The number of allylic oxidation sites excluding steroid dienone is 4. The van der Waals surface area contributed by atoms with Gasteiger partial charge in [0.25, 0.3) is 0 Å². The van der Waals surface area contributed by atoms with Crippen LogP contribution in [0.15, 0.2) is 199 Å². The standard InChI is InChI=1S/C61H47N5O/c1-40-19-8-9-26-45(40)47-35-36-51-49-29-12-15-32-54(49)66(55-38-37-52(46-27-10-11-28-48(46)55)61-62-53-31-14-16-33-56(53)67-61)58(51)50(47)30-13-17-34-57-63-59(42-22-6-3-7-23-42)65-60(64-57)44-25-18-24-43(39-44)41-20-4-2-5-21-41/h2-12,14-16,19-24,26-29,31-33,35-39H,13,17-18,25,30,34H2,1H3. The van der Waals surface area contributed by atoms with E-state index >= 15 is 0 Å². The third kappa shape index (κ3) is 7.50. The Morgan fingerprint density at radius 3 is 2.04 bits per heavy atom. The number of aromatic nitrogens is 5. The van der Waals surface area contributed by atoms with E-state index in [1.165, 1.54) is 55.2 Å². The van der Waals surface area contributed by atoms with Crippen LogP contribution in [0, 0.1) is 6.92 Å². The summed E-state index contributed by atoms with van der Waals surface area (Å²) in [5.74, 6) is 2.95. The average molecular weight is 866 g/mol. The maximum Gasteiger partial charge on any atom is 0.227 e. The second kappa shape index (κ2) is 17.3. The Morgan fingerprint density at radius 1 is 0.522 bits per heavy atom. The molecular weight excluding hydrogens is 819 g/mol. The first kappa shape index (κ1) is 40.3. The van der Waals surface area contributed by atoms with E-state index in [0.29, 0.717) is 5.89 Å². The number of rotatable bonds is 11. The highest BCUT2D eigenvalue weighted by Crippen LogP contribution is 2.43. The first-order valence-corrected chi connectivity index (χ1v) is 23.4. The maximum atomic E-state index is 6.37. The van der Waals surface area contributed by atoms with Crippen molar-refractivity contribution < 1.29 is 4.42 Å². The van der Waals surface area contributed by atoms with Crippen molar-refractivity contribution in [2.45, 2.75) is 45.4 Å². The molecule has 1 aliphatic carbocycles. The zero-order valence-corrected chi connectivity index (χ0v) is 37.4. The molecule has 6 nitrogen and oxygen atoms in total. The number of benzene rings is 8. The van der Waals surface area contributed by atoms with E-state index in [0.717, 1.165) is 100 Å². The molecule has 0 bridgehead atoms. The first-order valence-electron chi connectivity index (χ1n) is 23.4. The van der Waals surface area contributed by atoms with Crippen LogP contribution in [-0.4, -0.2) is 24.5 Å². The van der Waals surface area contributed by atoms with Crippen molar-refractivity contribution in [1.82, 2.24) is 24.5 Å². The van der Waals surface area contributed by atoms with Gasteiger partial charge in [-0.2, -0.15) is 0 Å². The van der Waals surface area contributed by atoms with Gasteiger partial charge in [0.05, 0.1) is 16.7 Å². The van der Waals surface area contributed by atoms with Crippen molar-refractivity contribution in [1.29, 1.82) is 0 Å². The smallest absolute Gasteiger partial charge is 0.227 e. The molecule has 0 saturated carbocycles. The van der Waals surface area contributed by atoms with E-state index in [1.807, 2.05) is 30.3 Å². The minimum absolute atomic E-state index is 0.624. The number of hydrogen-bond acceptors (Lipinski definition) is 5. The van der Waals surface area contributed by atoms with E-state index in [9.17, 15) is 0 Å². The van der Waals surface area contributed by atoms with Gasteiger partial charge in [-0.3, -0.25) is 0 Å². The molecule has 0 saturated heterocycles. The fourth-order valence-electron chi connectivity index (χ4n) is 10.1. The van der Waals surface area contributed by atoms with Crippen molar-refractivity contribution in [2.75, 3.05) is 0 Å². The summed E-state index contributed by atoms with van der Waals surface area (Å²) >= 11 is 0. The fraction of sp³-hybridized carbons (Fsp3) is 0.115. The topological polar surface area (TPSA) is 69.6 Å². The third-order valence-electron chi connectivity index (χ3n) is 13.3. The fourth-order valence-corrected chi connectivity index (χ4v) is 10.1. The van der Waals surface area contributed by atoms with Gasteiger partial charge in [0.15, 0.2) is 17.2 Å². The van der Waals surface area contributed by atoms with Crippen molar-refractivity contribution in [2.24, 2.45) is 0 Å². The van der Waals surface area contributed by atoms with Crippen LogP contribution in [0.25, 0.3) is 94.5 Å². The maximum absolute atomic E-state index is 6.37. The Hall–Kier alpha value is -8.22. The quantitative estimate of drug-likeness (QED) is 0.121. The lowest BCUT2D eigenvalue weighted by molar-refractivity contribution is 0.620. The summed E-state index contributed by atoms with van der Waals surface area (Å²) < 4.78 is 8.88. The highest BCUT2D eigenvalue weighted by Gasteiger charge is 2.23. The lowest BCUT2D eigenvalue weighted by Crippen LogP contribution is -2.07. The Labute approximate surface area is 389 Å².